The fourth-order valence-corrected chi connectivity index (χ4v) is 6.59. The van der Waals surface area contributed by atoms with Gasteiger partial charge in [0, 0.05) is 35.8 Å². The molecule has 4 aromatic rings. The molecule has 2 aromatic heterocycles. The molecule has 11 nitrogen and oxygen atoms in total. The van der Waals surface area contributed by atoms with Crippen molar-refractivity contribution in [2.45, 2.75) is 76.2 Å². The summed E-state index contributed by atoms with van der Waals surface area (Å²) in [5, 5.41) is 0. The predicted octanol–water partition coefficient (Wildman–Crippen LogP) is 6.25. The number of aromatic nitrogens is 4. The van der Waals surface area contributed by atoms with Crippen LogP contribution in [0.4, 0.5) is 20.4 Å². The van der Waals surface area contributed by atoms with E-state index < -0.39 is 29.7 Å². The summed E-state index contributed by atoms with van der Waals surface area (Å²) in [5.74, 6) is -2.48. The van der Waals surface area contributed by atoms with Crippen LogP contribution in [0.3, 0.4) is 0 Å². The zero-order valence-electron chi connectivity index (χ0n) is 27.2. The van der Waals surface area contributed by atoms with Crippen molar-refractivity contribution in [2.75, 3.05) is 18.6 Å². The topological polar surface area (TPSA) is 173 Å². The first-order valence-electron chi connectivity index (χ1n) is 16.2. The summed E-state index contributed by atoms with van der Waals surface area (Å²) < 4.78 is 40.6. The number of benzene rings is 2. The molecule has 2 saturated carbocycles. The van der Waals surface area contributed by atoms with E-state index in [-0.39, 0.29) is 45.9 Å². The molecule has 0 unspecified atom stereocenters. The molecule has 4 N–H and O–H groups in total. The molecule has 2 aromatic carbocycles. The van der Waals surface area contributed by atoms with Crippen molar-refractivity contribution in [2.24, 2.45) is 0 Å². The highest BCUT2D eigenvalue weighted by atomic mass is 19.1. The third-order valence-electron chi connectivity index (χ3n) is 9.48. The lowest BCUT2D eigenvalue weighted by atomic mass is 9.85. The lowest BCUT2D eigenvalue weighted by Gasteiger charge is -2.28. The molecule has 6 rings (SSSR count). The van der Waals surface area contributed by atoms with Crippen LogP contribution < -0.4 is 11.5 Å². The molecule has 0 atom stereocenters. The highest BCUT2D eigenvalue weighted by Crippen LogP contribution is 2.37. The number of rotatable bonds is 7. The Morgan fingerprint density at radius 3 is 2.02 bits per heavy atom. The summed E-state index contributed by atoms with van der Waals surface area (Å²) in [6, 6.07) is 6.99. The maximum atomic E-state index is 15.7. The largest absolute Gasteiger partial charge is 0.465 e. The zero-order valence-corrected chi connectivity index (χ0v) is 27.2. The van der Waals surface area contributed by atoms with Gasteiger partial charge in [-0.1, -0.05) is 12.1 Å². The van der Waals surface area contributed by atoms with Crippen molar-refractivity contribution in [1.29, 1.82) is 0 Å². The maximum Gasteiger partial charge on any atom is 0.341 e. The third kappa shape index (κ3) is 6.96. The van der Waals surface area contributed by atoms with Crippen molar-refractivity contribution < 1.29 is 32.6 Å². The Bertz CT molecular complexity index is 1940. The van der Waals surface area contributed by atoms with Gasteiger partial charge in [0.25, 0.3) is 0 Å². The minimum atomic E-state index is -0.791. The molecule has 2 heterocycles. The number of hydrogen-bond acceptors (Lipinski definition) is 11. The van der Waals surface area contributed by atoms with Gasteiger partial charge in [-0.3, -0.25) is 4.79 Å². The van der Waals surface area contributed by atoms with E-state index in [1.165, 1.54) is 31.4 Å². The molecule has 254 valence electrons. The van der Waals surface area contributed by atoms with Gasteiger partial charge in [0.05, 0.1) is 42.0 Å². The number of esters is 2. The summed E-state index contributed by atoms with van der Waals surface area (Å²) in [6.07, 6.45) is 7.39. The minimum Gasteiger partial charge on any atom is -0.465 e. The second-order valence-corrected chi connectivity index (χ2v) is 12.5. The van der Waals surface area contributed by atoms with Gasteiger partial charge in [0.1, 0.15) is 46.5 Å². The number of anilines is 2. The molecule has 0 saturated heterocycles. The number of nitrogen functional groups attached to an aromatic ring is 2. The first-order valence-corrected chi connectivity index (χ1v) is 16.2. The van der Waals surface area contributed by atoms with E-state index in [4.69, 9.17) is 21.2 Å². The number of halogens is 2. The Balaban J connectivity index is 1.11. The summed E-state index contributed by atoms with van der Waals surface area (Å²) in [7, 11) is 1.17. The van der Waals surface area contributed by atoms with Crippen LogP contribution in [-0.2, 0) is 14.3 Å². The van der Waals surface area contributed by atoms with Crippen molar-refractivity contribution in [3.05, 3.63) is 82.4 Å². The summed E-state index contributed by atoms with van der Waals surface area (Å²) >= 11 is 0. The second kappa shape index (κ2) is 14.0. The van der Waals surface area contributed by atoms with Crippen LogP contribution >= 0.6 is 0 Å². The number of hydrogen-bond donors (Lipinski definition) is 2. The van der Waals surface area contributed by atoms with E-state index in [2.05, 4.69) is 19.7 Å². The maximum absolute atomic E-state index is 15.7. The number of Topliss-reactive ketones (excluding diaryl/α,β-unsaturated/α-hetero) is 1. The van der Waals surface area contributed by atoms with E-state index in [1.807, 2.05) is 0 Å². The SMILES string of the molecule is COC(=O)c1ccc(-c2nc([C@H]3CC[C@H](OC(=O)c4ccc(-c5nc(C6CCC(=O)CC6)cnc5N)c(C)c4F)CC3)cnc2N)cc1F. The average Bonchev–Trinajstić information content (AvgIpc) is 3.10. The van der Waals surface area contributed by atoms with Crippen molar-refractivity contribution in [3.8, 4) is 22.5 Å². The number of nitrogens with two attached hydrogens (primary N) is 2. The van der Waals surface area contributed by atoms with Crippen LogP contribution in [0.2, 0.25) is 0 Å². The van der Waals surface area contributed by atoms with Crippen LogP contribution in [0.1, 0.15) is 101 Å². The Morgan fingerprint density at radius 1 is 0.796 bits per heavy atom. The first-order chi connectivity index (χ1) is 23.5. The van der Waals surface area contributed by atoms with Gasteiger partial charge in [0.15, 0.2) is 0 Å². The zero-order chi connectivity index (χ0) is 34.8. The fraction of sp³-hybridized carbons (Fsp3) is 0.361. The second-order valence-electron chi connectivity index (χ2n) is 12.5. The summed E-state index contributed by atoms with van der Waals surface area (Å²) in [6.45, 7) is 1.56. The average molecular weight is 671 g/mol. The number of carbonyl (C=O) groups excluding carboxylic acids is 3. The smallest absolute Gasteiger partial charge is 0.341 e. The first kappa shape index (κ1) is 33.6. The predicted molar refractivity (Wildman–Crippen MR) is 176 cm³/mol. The molecule has 0 amide bonds. The number of ether oxygens (including phenoxy) is 2. The fourth-order valence-electron chi connectivity index (χ4n) is 6.59. The monoisotopic (exact) mass is 670 g/mol. The van der Waals surface area contributed by atoms with Gasteiger partial charge in [-0.25, -0.2) is 38.3 Å². The highest BCUT2D eigenvalue weighted by molar-refractivity contribution is 5.92. The molecule has 49 heavy (non-hydrogen) atoms. The van der Waals surface area contributed by atoms with Gasteiger partial charge in [-0.15, -0.1) is 0 Å². The van der Waals surface area contributed by atoms with E-state index >= 15 is 4.39 Å². The van der Waals surface area contributed by atoms with Crippen LogP contribution in [0.15, 0.2) is 42.7 Å². The van der Waals surface area contributed by atoms with E-state index in [0.29, 0.717) is 85.3 Å². The Kier molecular flexibility index (Phi) is 9.61. The lowest BCUT2D eigenvalue weighted by molar-refractivity contribution is -0.120. The molecule has 2 aliphatic rings. The van der Waals surface area contributed by atoms with Crippen LogP contribution in [0.25, 0.3) is 22.5 Å². The molecular formula is C36H36F2N6O5. The molecule has 0 radical (unpaired) electrons. The van der Waals surface area contributed by atoms with Crippen LogP contribution in [-0.4, -0.2) is 50.9 Å². The molecule has 2 fully saturated rings. The van der Waals surface area contributed by atoms with E-state index in [9.17, 15) is 18.8 Å². The van der Waals surface area contributed by atoms with Crippen LogP contribution in [0.5, 0.6) is 0 Å². The summed E-state index contributed by atoms with van der Waals surface area (Å²) in [5.41, 5.74) is 14.8. The van der Waals surface area contributed by atoms with Crippen LogP contribution in [0, 0.1) is 18.6 Å². The molecule has 0 spiro atoms. The van der Waals surface area contributed by atoms with Crippen molar-refractivity contribution >= 4 is 29.4 Å². The van der Waals surface area contributed by atoms with Gasteiger partial charge in [-0.2, -0.15) is 0 Å². The molecular weight excluding hydrogens is 634 g/mol. The van der Waals surface area contributed by atoms with Gasteiger partial charge >= 0.3 is 11.9 Å². The molecule has 2 aliphatic carbocycles. The quantitative estimate of drug-likeness (QED) is 0.213. The molecule has 13 heteroatoms. The standard InChI is InChI=1S/C36H36F2N6O5/c1-18-24(32-34(40)42-17-29(44-32)19-3-8-22(45)9-4-19)13-14-26(30(18)38)36(47)49-23-10-5-20(6-11-23)28-16-41-33(39)31(43-28)21-7-12-25(27(37)15-21)35(46)48-2/h7,12-17,19-20,23H,3-6,8-11H2,1-2H3,(H2,39,41)(H2,40,42)/t20-,23-. The third-order valence-corrected chi connectivity index (χ3v) is 9.48. The Morgan fingerprint density at radius 2 is 1.39 bits per heavy atom. The number of methoxy groups -OCH3 is 1. The Labute approximate surface area is 281 Å². The van der Waals surface area contributed by atoms with Gasteiger partial charge < -0.3 is 20.9 Å². The normalized spacial score (nSPS) is 18.2. The van der Waals surface area contributed by atoms with E-state index in [1.54, 1.807) is 25.4 Å². The number of carbonyl (C=O) groups is 3. The minimum absolute atomic E-state index is 0.0179. The summed E-state index contributed by atoms with van der Waals surface area (Å²) in [4.78, 5) is 54.6. The number of nitrogens with zero attached hydrogens (tertiary/aromatic N) is 4. The van der Waals surface area contributed by atoms with E-state index in [0.717, 1.165) is 0 Å². The van der Waals surface area contributed by atoms with Crippen molar-refractivity contribution in [3.63, 3.8) is 0 Å². The number of ketones is 1. The van der Waals surface area contributed by atoms with Gasteiger partial charge in [0.2, 0.25) is 0 Å². The lowest BCUT2D eigenvalue weighted by Crippen LogP contribution is -2.25. The Hall–Kier alpha value is -5.33. The van der Waals surface area contributed by atoms with Gasteiger partial charge in [-0.05, 0) is 69.2 Å². The van der Waals surface area contributed by atoms with Crippen molar-refractivity contribution in [1.82, 2.24) is 19.9 Å². The highest BCUT2D eigenvalue weighted by Gasteiger charge is 2.29. The molecule has 0 bridgehead atoms. The molecule has 0 aliphatic heterocycles.